The molecule has 1 atom stereocenters. The van der Waals surface area contributed by atoms with Crippen LogP contribution < -0.4 is 10.6 Å². The first-order valence-corrected chi connectivity index (χ1v) is 5.45. The lowest BCUT2D eigenvalue weighted by molar-refractivity contribution is -0.121. The third kappa shape index (κ3) is 2.43. The lowest BCUT2D eigenvalue weighted by Crippen LogP contribution is -2.54. The summed E-state index contributed by atoms with van der Waals surface area (Å²) >= 11 is 0. The van der Waals surface area contributed by atoms with E-state index in [0.717, 1.165) is 18.8 Å². The minimum Gasteiger partial charge on any atom is -0.446 e. The number of hydrogen-bond donors (Lipinski definition) is 2. The largest absolute Gasteiger partial charge is 0.446 e. The zero-order valence-electron chi connectivity index (χ0n) is 9.62. The Bertz CT molecular complexity index is 375. The maximum absolute atomic E-state index is 11.9. The second kappa shape index (κ2) is 4.67. The van der Waals surface area contributed by atoms with Crippen LogP contribution >= 0.6 is 0 Å². The number of nitrogens with one attached hydrogen (secondary N) is 2. The molecular weight excluding hydrogens is 206 g/mol. The van der Waals surface area contributed by atoms with Crippen LogP contribution in [-0.2, 0) is 4.79 Å². The zero-order chi connectivity index (χ0) is 11.5. The predicted octanol–water partition coefficient (Wildman–Crippen LogP) is 0.430. The molecule has 0 saturated carbocycles. The average molecular weight is 223 g/mol. The molecule has 16 heavy (non-hydrogen) atoms. The lowest BCUT2D eigenvalue weighted by Gasteiger charge is -2.31. The van der Waals surface area contributed by atoms with E-state index in [1.807, 2.05) is 24.9 Å². The van der Waals surface area contributed by atoms with Crippen molar-refractivity contribution in [1.29, 1.82) is 0 Å². The first kappa shape index (κ1) is 11.2. The summed E-state index contributed by atoms with van der Waals surface area (Å²) in [5, 5.41) is 5.98. The smallest absolute Gasteiger partial charge is 0.245 e. The number of furan rings is 1. The monoisotopic (exact) mass is 223 g/mol. The van der Waals surface area contributed by atoms with Crippen LogP contribution in [0.1, 0.15) is 5.76 Å². The number of carbonyl (C=O) groups excluding carboxylic acids is 1. The molecule has 1 aromatic heterocycles. The molecule has 0 aliphatic carbocycles. The van der Waals surface area contributed by atoms with Crippen molar-refractivity contribution in [3.8, 4) is 0 Å². The van der Waals surface area contributed by atoms with E-state index >= 15 is 0 Å². The van der Waals surface area contributed by atoms with Crippen LogP contribution in [0.4, 0.5) is 5.88 Å². The van der Waals surface area contributed by atoms with Gasteiger partial charge in [-0.3, -0.25) is 15.0 Å². The van der Waals surface area contributed by atoms with Gasteiger partial charge in [0.25, 0.3) is 0 Å². The van der Waals surface area contributed by atoms with Crippen molar-refractivity contribution < 1.29 is 9.21 Å². The highest BCUT2D eigenvalue weighted by Gasteiger charge is 2.26. The molecule has 1 unspecified atom stereocenters. The van der Waals surface area contributed by atoms with E-state index < -0.39 is 0 Å². The summed E-state index contributed by atoms with van der Waals surface area (Å²) < 4.78 is 5.31. The van der Waals surface area contributed by atoms with Gasteiger partial charge in [-0.1, -0.05) is 0 Å². The van der Waals surface area contributed by atoms with E-state index in [1.54, 1.807) is 6.07 Å². The van der Waals surface area contributed by atoms with Crippen molar-refractivity contribution in [2.24, 2.45) is 0 Å². The molecule has 1 amide bonds. The molecule has 1 aromatic rings. The van der Waals surface area contributed by atoms with E-state index in [4.69, 9.17) is 4.42 Å². The molecule has 2 rings (SSSR count). The lowest BCUT2D eigenvalue weighted by atomic mass is 10.2. The van der Waals surface area contributed by atoms with Crippen LogP contribution in [-0.4, -0.2) is 43.5 Å². The number of amides is 1. The van der Waals surface area contributed by atoms with Gasteiger partial charge in [0.05, 0.1) is 0 Å². The van der Waals surface area contributed by atoms with Crippen molar-refractivity contribution in [2.75, 3.05) is 32.0 Å². The van der Waals surface area contributed by atoms with Crippen molar-refractivity contribution in [3.63, 3.8) is 0 Å². The summed E-state index contributed by atoms with van der Waals surface area (Å²) in [5.41, 5.74) is 0. The number of nitrogens with zero attached hydrogens (tertiary/aromatic N) is 1. The molecule has 2 N–H and O–H groups in total. The minimum absolute atomic E-state index is 0.0240. The molecule has 88 valence electrons. The summed E-state index contributed by atoms with van der Waals surface area (Å²) in [6.07, 6.45) is 0. The Labute approximate surface area is 94.8 Å². The van der Waals surface area contributed by atoms with Crippen LogP contribution in [0.25, 0.3) is 0 Å². The average Bonchev–Trinajstić information content (AvgIpc) is 2.64. The normalized spacial score (nSPS) is 22.0. The van der Waals surface area contributed by atoms with Gasteiger partial charge in [0, 0.05) is 25.7 Å². The Morgan fingerprint density at radius 2 is 2.44 bits per heavy atom. The van der Waals surface area contributed by atoms with Crippen LogP contribution in [0, 0.1) is 6.92 Å². The van der Waals surface area contributed by atoms with Gasteiger partial charge in [0.2, 0.25) is 5.91 Å². The third-order valence-corrected chi connectivity index (χ3v) is 2.80. The molecule has 1 fully saturated rings. The van der Waals surface area contributed by atoms with Crippen molar-refractivity contribution in [3.05, 3.63) is 17.9 Å². The number of likely N-dealkylation sites (N-methyl/N-ethyl adjacent to an activating group) is 1. The zero-order valence-corrected chi connectivity index (χ0v) is 9.62. The third-order valence-electron chi connectivity index (χ3n) is 2.80. The van der Waals surface area contributed by atoms with Crippen molar-refractivity contribution in [2.45, 2.75) is 13.0 Å². The Hall–Kier alpha value is -1.33. The summed E-state index contributed by atoms with van der Waals surface area (Å²) in [6, 6.07) is 3.47. The van der Waals surface area contributed by atoms with Crippen LogP contribution in [0.2, 0.25) is 0 Å². The molecule has 5 nitrogen and oxygen atoms in total. The molecule has 1 aliphatic rings. The van der Waals surface area contributed by atoms with Crippen LogP contribution in [0.3, 0.4) is 0 Å². The Morgan fingerprint density at radius 3 is 3.06 bits per heavy atom. The summed E-state index contributed by atoms with van der Waals surface area (Å²) in [6.45, 7) is 4.35. The molecular formula is C11H17N3O2. The molecule has 2 heterocycles. The number of carbonyl (C=O) groups is 1. The maximum atomic E-state index is 11.9. The van der Waals surface area contributed by atoms with E-state index in [0.29, 0.717) is 12.4 Å². The number of hydrogen-bond acceptors (Lipinski definition) is 4. The highest BCUT2D eigenvalue weighted by molar-refractivity contribution is 5.94. The van der Waals surface area contributed by atoms with Gasteiger partial charge in [-0.2, -0.15) is 0 Å². The minimum atomic E-state index is -0.126. The quantitative estimate of drug-likeness (QED) is 0.763. The topological polar surface area (TPSA) is 57.5 Å². The second-order valence-electron chi connectivity index (χ2n) is 4.10. The standard InChI is InChI=1S/C11H17N3O2/c1-8-3-4-10(16-8)13-11(15)9-7-12-5-6-14(9)2/h3-4,9,12H,5-7H2,1-2H3,(H,13,15). The van der Waals surface area contributed by atoms with E-state index in [9.17, 15) is 4.79 Å². The SMILES string of the molecule is Cc1ccc(NC(=O)C2CNCCN2C)o1. The molecule has 0 aromatic carbocycles. The van der Waals surface area contributed by atoms with Crippen molar-refractivity contribution in [1.82, 2.24) is 10.2 Å². The number of anilines is 1. The first-order valence-electron chi connectivity index (χ1n) is 5.45. The molecule has 0 radical (unpaired) electrons. The van der Waals surface area contributed by atoms with Gasteiger partial charge < -0.3 is 9.73 Å². The molecule has 1 aliphatic heterocycles. The van der Waals surface area contributed by atoms with Crippen LogP contribution in [0.5, 0.6) is 0 Å². The summed E-state index contributed by atoms with van der Waals surface area (Å²) in [4.78, 5) is 14.0. The fourth-order valence-electron chi connectivity index (χ4n) is 1.81. The predicted molar refractivity (Wildman–Crippen MR) is 61.4 cm³/mol. The van der Waals surface area contributed by atoms with E-state index in [1.165, 1.54) is 0 Å². The van der Waals surface area contributed by atoms with Crippen molar-refractivity contribution >= 4 is 11.8 Å². The van der Waals surface area contributed by atoms with Gasteiger partial charge in [0.1, 0.15) is 11.8 Å². The fraction of sp³-hybridized carbons (Fsp3) is 0.545. The number of rotatable bonds is 2. The van der Waals surface area contributed by atoms with Gasteiger partial charge in [-0.15, -0.1) is 0 Å². The Balaban J connectivity index is 1.96. The first-order chi connectivity index (χ1) is 7.66. The fourth-order valence-corrected chi connectivity index (χ4v) is 1.81. The highest BCUT2D eigenvalue weighted by Crippen LogP contribution is 2.13. The van der Waals surface area contributed by atoms with Gasteiger partial charge in [-0.05, 0) is 20.0 Å². The Kier molecular flexibility index (Phi) is 3.26. The Morgan fingerprint density at radius 1 is 1.62 bits per heavy atom. The van der Waals surface area contributed by atoms with Gasteiger partial charge >= 0.3 is 0 Å². The number of aryl methyl sites for hydroxylation is 1. The van der Waals surface area contributed by atoms with E-state index in [2.05, 4.69) is 10.6 Å². The highest BCUT2D eigenvalue weighted by atomic mass is 16.4. The molecule has 5 heteroatoms. The second-order valence-corrected chi connectivity index (χ2v) is 4.10. The maximum Gasteiger partial charge on any atom is 0.245 e. The number of piperazine rings is 1. The molecule has 0 bridgehead atoms. The van der Waals surface area contributed by atoms with Crippen LogP contribution in [0.15, 0.2) is 16.5 Å². The summed E-state index contributed by atoms with van der Waals surface area (Å²) in [5.74, 6) is 1.29. The van der Waals surface area contributed by atoms with Gasteiger partial charge in [0.15, 0.2) is 5.88 Å². The molecule has 0 spiro atoms. The summed E-state index contributed by atoms with van der Waals surface area (Å²) in [7, 11) is 1.96. The van der Waals surface area contributed by atoms with Gasteiger partial charge in [-0.25, -0.2) is 0 Å². The van der Waals surface area contributed by atoms with E-state index in [-0.39, 0.29) is 11.9 Å². The molecule has 1 saturated heterocycles.